The monoisotopic (exact) mass is 260 g/mol. The zero-order chi connectivity index (χ0) is 12.1. The molecule has 0 heterocycles. The third-order valence-electron chi connectivity index (χ3n) is 1.95. The summed E-state index contributed by atoms with van der Waals surface area (Å²) in [6, 6.07) is 4.92. The molecule has 1 aromatic rings. The summed E-state index contributed by atoms with van der Waals surface area (Å²) in [6.07, 6.45) is -0.0806. The molecule has 0 spiro atoms. The van der Waals surface area contributed by atoms with E-state index >= 15 is 0 Å². The number of rotatable bonds is 4. The summed E-state index contributed by atoms with van der Waals surface area (Å²) in [6.45, 7) is 0. The van der Waals surface area contributed by atoms with E-state index in [1.165, 1.54) is 7.11 Å². The van der Waals surface area contributed by atoms with Crippen LogP contribution in [0.4, 0.5) is 0 Å². The molecule has 86 valence electrons. The number of ether oxygens (including phenoxy) is 1. The number of halogens is 2. The fourth-order valence-corrected chi connectivity index (χ4v) is 1.49. The second kappa shape index (κ2) is 5.87. The van der Waals surface area contributed by atoms with E-state index in [2.05, 4.69) is 4.74 Å². The van der Waals surface area contributed by atoms with E-state index in [4.69, 9.17) is 23.2 Å². The van der Waals surface area contributed by atoms with E-state index in [0.29, 0.717) is 10.0 Å². The number of hydrogen-bond donors (Lipinski definition) is 0. The van der Waals surface area contributed by atoms with E-state index < -0.39 is 5.97 Å². The van der Waals surface area contributed by atoms with E-state index in [9.17, 15) is 9.59 Å². The molecule has 0 aromatic heterocycles. The van der Waals surface area contributed by atoms with Crippen LogP contribution in [-0.2, 0) is 20.7 Å². The molecule has 1 aromatic carbocycles. The predicted molar refractivity (Wildman–Crippen MR) is 61.8 cm³/mol. The number of ketones is 1. The summed E-state index contributed by atoms with van der Waals surface area (Å²) in [5.41, 5.74) is 0.725. The highest BCUT2D eigenvalue weighted by Gasteiger charge is 2.10. The largest absolute Gasteiger partial charge is 0.469 e. The molecule has 1 rings (SSSR count). The van der Waals surface area contributed by atoms with Crippen LogP contribution in [0, 0.1) is 0 Å². The maximum Gasteiger partial charge on any atom is 0.313 e. The predicted octanol–water partition coefficient (Wildman–Crippen LogP) is 2.67. The second-order valence-corrected chi connectivity index (χ2v) is 4.03. The van der Waals surface area contributed by atoms with E-state index in [0.717, 1.165) is 5.56 Å². The van der Waals surface area contributed by atoms with Crippen LogP contribution in [0.3, 0.4) is 0 Å². The lowest BCUT2D eigenvalue weighted by Gasteiger charge is -2.02. The fraction of sp³-hybridized carbons (Fsp3) is 0.273. The SMILES string of the molecule is COC(=O)CC(=O)Cc1ccc(Cl)c(Cl)c1. The number of methoxy groups -OCH3 is 1. The van der Waals surface area contributed by atoms with Crippen molar-refractivity contribution in [2.24, 2.45) is 0 Å². The molecule has 0 aliphatic heterocycles. The number of carbonyl (C=O) groups excluding carboxylic acids is 2. The minimum atomic E-state index is -0.537. The quantitative estimate of drug-likeness (QED) is 0.618. The zero-order valence-corrected chi connectivity index (χ0v) is 10.1. The molecule has 0 aliphatic rings. The van der Waals surface area contributed by atoms with Gasteiger partial charge in [0.25, 0.3) is 0 Å². The van der Waals surface area contributed by atoms with Crippen molar-refractivity contribution in [1.29, 1.82) is 0 Å². The Morgan fingerprint density at radius 1 is 1.25 bits per heavy atom. The number of hydrogen-bond acceptors (Lipinski definition) is 3. The van der Waals surface area contributed by atoms with Crippen LogP contribution in [0.15, 0.2) is 18.2 Å². The molecule has 0 radical (unpaired) electrons. The molecular formula is C11H10Cl2O3. The molecule has 0 unspecified atom stereocenters. The van der Waals surface area contributed by atoms with Crippen LogP contribution in [0.2, 0.25) is 10.0 Å². The van der Waals surface area contributed by atoms with Gasteiger partial charge >= 0.3 is 5.97 Å². The summed E-state index contributed by atoms with van der Waals surface area (Å²) in [5.74, 6) is -0.754. The van der Waals surface area contributed by atoms with Gasteiger partial charge in [0.05, 0.1) is 17.2 Å². The molecular weight excluding hydrogens is 251 g/mol. The highest BCUT2D eigenvalue weighted by atomic mass is 35.5. The van der Waals surface area contributed by atoms with E-state index in [1.54, 1.807) is 18.2 Å². The van der Waals surface area contributed by atoms with Gasteiger partial charge in [-0.15, -0.1) is 0 Å². The van der Waals surface area contributed by atoms with Gasteiger partial charge in [-0.2, -0.15) is 0 Å². The van der Waals surface area contributed by atoms with Crippen LogP contribution in [-0.4, -0.2) is 18.9 Å². The Kier molecular flexibility index (Phi) is 4.77. The van der Waals surface area contributed by atoms with E-state index in [1.807, 2.05) is 0 Å². The summed E-state index contributed by atoms with van der Waals surface area (Å²) in [5, 5.41) is 0.830. The van der Waals surface area contributed by atoms with Crippen molar-refractivity contribution in [2.45, 2.75) is 12.8 Å². The van der Waals surface area contributed by atoms with Crippen molar-refractivity contribution in [1.82, 2.24) is 0 Å². The zero-order valence-electron chi connectivity index (χ0n) is 8.63. The number of Topliss-reactive ketones (excluding diaryl/α,β-unsaturated/α-hetero) is 1. The highest BCUT2D eigenvalue weighted by Crippen LogP contribution is 2.22. The minimum absolute atomic E-state index is 0.145. The van der Waals surface area contributed by atoms with Gasteiger partial charge in [-0.05, 0) is 17.7 Å². The summed E-state index contributed by atoms with van der Waals surface area (Å²) < 4.78 is 4.39. The first-order chi connectivity index (χ1) is 7.52. The molecule has 16 heavy (non-hydrogen) atoms. The van der Waals surface area contributed by atoms with Crippen molar-refractivity contribution >= 4 is 35.0 Å². The van der Waals surface area contributed by atoms with Crippen molar-refractivity contribution in [2.75, 3.05) is 7.11 Å². The van der Waals surface area contributed by atoms with Crippen LogP contribution in [0.5, 0.6) is 0 Å². The van der Waals surface area contributed by atoms with Crippen LogP contribution >= 0.6 is 23.2 Å². The van der Waals surface area contributed by atoms with Gasteiger partial charge in [-0.3, -0.25) is 9.59 Å². The second-order valence-electron chi connectivity index (χ2n) is 3.22. The topological polar surface area (TPSA) is 43.4 Å². The van der Waals surface area contributed by atoms with Gasteiger partial charge < -0.3 is 4.74 Å². The normalized spacial score (nSPS) is 9.94. The Morgan fingerprint density at radius 2 is 1.94 bits per heavy atom. The average Bonchev–Trinajstić information content (AvgIpc) is 2.23. The smallest absolute Gasteiger partial charge is 0.313 e. The van der Waals surface area contributed by atoms with E-state index in [-0.39, 0.29) is 18.6 Å². The molecule has 0 N–H and O–H groups in total. The summed E-state index contributed by atoms with van der Waals surface area (Å²) >= 11 is 11.5. The molecule has 0 saturated carbocycles. The Labute approximate surface area is 103 Å². The lowest BCUT2D eigenvalue weighted by atomic mass is 10.1. The van der Waals surface area contributed by atoms with Gasteiger partial charge in [0.15, 0.2) is 0 Å². The van der Waals surface area contributed by atoms with Crippen molar-refractivity contribution in [3.05, 3.63) is 33.8 Å². The van der Waals surface area contributed by atoms with Gasteiger partial charge in [0, 0.05) is 6.42 Å². The third-order valence-corrected chi connectivity index (χ3v) is 2.69. The Hall–Kier alpha value is -1.06. The molecule has 0 aliphatic carbocycles. The van der Waals surface area contributed by atoms with Crippen molar-refractivity contribution in [3.63, 3.8) is 0 Å². The molecule has 5 heteroatoms. The molecule has 0 fully saturated rings. The molecule has 0 atom stereocenters. The van der Waals surface area contributed by atoms with Crippen LogP contribution in [0.25, 0.3) is 0 Å². The molecule has 0 amide bonds. The lowest BCUT2D eigenvalue weighted by molar-refractivity contribution is -0.143. The average molecular weight is 261 g/mol. The van der Waals surface area contributed by atoms with Gasteiger partial charge in [-0.25, -0.2) is 0 Å². The Balaban J connectivity index is 2.63. The first-order valence-electron chi connectivity index (χ1n) is 4.55. The Bertz CT molecular complexity index is 416. The first kappa shape index (κ1) is 13.0. The maximum atomic E-state index is 11.4. The van der Waals surface area contributed by atoms with Crippen molar-refractivity contribution in [3.8, 4) is 0 Å². The fourth-order valence-electron chi connectivity index (χ4n) is 1.17. The Morgan fingerprint density at radius 3 is 2.50 bits per heavy atom. The molecule has 3 nitrogen and oxygen atoms in total. The molecule has 0 saturated heterocycles. The standard InChI is InChI=1S/C11H10Cl2O3/c1-16-11(15)6-8(14)4-7-2-3-9(12)10(13)5-7/h2-3,5H,4,6H2,1H3. The molecule has 0 bridgehead atoms. The van der Waals surface area contributed by atoms with Gasteiger partial charge in [-0.1, -0.05) is 29.3 Å². The first-order valence-corrected chi connectivity index (χ1v) is 5.31. The van der Waals surface area contributed by atoms with Crippen LogP contribution < -0.4 is 0 Å². The minimum Gasteiger partial charge on any atom is -0.469 e. The summed E-state index contributed by atoms with van der Waals surface area (Å²) in [7, 11) is 1.24. The lowest BCUT2D eigenvalue weighted by Crippen LogP contribution is -2.11. The summed E-state index contributed by atoms with van der Waals surface area (Å²) in [4.78, 5) is 22.2. The number of esters is 1. The van der Waals surface area contributed by atoms with Gasteiger partial charge in [0.2, 0.25) is 0 Å². The maximum absolute atomic E-state index is 11.4. The highest BCUT2D eigenvalue weighted by molar-refractivity contribution is 6.42. The number of benzene rings is 1. The van der Waals surface area contributed by atoms with Crippen molar-refractivity contribution < 1.29 is 14.3 Å². The van der Waals surface area contributed by atoms with Gasteiger partial charge in [0.1, 0.15) is 12.2 Å². The van der Waals surface area contributed by atoms with Crippen LogP contribution in [0.1, 0.15) is 12.0 Å². The number of carbonyl (C=O) groups is 2. The third kappa shape index (κ3) is 3.83.